The van der Waals surface area contributed by atoms with Crippen molar-refractivity contribution >= 4 is 15.2 Å². The fourth-order valence-corrected chi connectivity index (χ4v) is 5.48. The predicted octanol–water partition coefficient (Wildman–Crippen LogP) is 0.857. The van der Waals surface area contributed by atoms with E-state index < -0.39 is 0 Å². The van der Waals surface area contributed by atoms with Gasteiger partial charge >= 0.3 is 46.0 Å². The van der Waals surface area contributed by atoms with E-state index in [9.17, 15) is 0 Å². The smallest absolute Gasteiger partial charge is 1.00 e. The molecule has 1 rings (SSSR count). The van der Waals surface area contributed by atoms with Crippen LogP contribution in [0.5, 0.6) is 0 Å². The molecule has 0 bridgehead atoms. The van der Waals surface area contributed by atoms with Crippen LogP contribution in [0.2, 0.25) is 0 Å². The zero-order valence-electron chi connectivity index (χ0n) is 16.5. The van der Waals surface area contributed by atoms with Gasteiger partial charge in [0.05, 0.1) is 0 Å². The normalized spacial score (nSPS) is 21.0. The van der Waals surface area contributed by atoms with Gasteiger partial charge < -0.3 is 24.8 Å². The Morgan fingerprint density at radius 1 is 0.870 bits per heavy atom. The van der Waals surface area contributed by atoms with E-state index in [1.165, 1.54) is 34.3 Å². The molecular weight excluding hydrogens is 397 g/mol. The zero-order chi connectivity index (χ0) is 16.6. The van der Waals surface area contributed by atoms with Crippen molar-refractivity contribution in [1.29, 1.82) is 0 Å². The molecule has 139 valence electrons. The monoisotopic (exact) mass is 435 g/mol. The molecule has 0 amide bonds. The molecule has 23 heavy (non-hydrogen) atoms. The second-order valence-electron chi connectivity index (χ2n) is 7.96. The van der Waals surface area contributed by atoms with Crippen molar-refractivity contribution in [2.24, 2.45) is 17.3 Å². The fourth-order valence-electron chi connectivity index (χ4n) is 3.67. The van der Waals surface area contributed by atoms with Crippen LogP contribution < -0.4 is 24.8 Å². The van der Waals surface area contributed by atoms with E-state index in [1.807, 2.05) is 0 Å². The number of rotatable bonds is 5. The summed E-state index contributed by atoms with van der Waals surface area (Å²) < 4.78 is 0. The van der Waals surface area contributed by atoms with Crippen molar-refractivity contribution in [3.63, 3.8) is 0 Å². The van der Waals surface area contributed by atoms with Crippen LogP contribution in [-0.2, 0) is 19.9 Å². The third-order valence-electron chi connectivity index (χ3n) is 4.98. The minimum absolute atomic E-state index is 0. The van der Waals surface area contributed by atoms with E-state index in [4.69, 9.17) is 0 Å². The van der Waals surface area contributed by atoms with E-state index >= 15 is 0 Å². The van der Waals surface area contributed by atoms with Crippen molar-refractivity contribution in [2.45, 2.75) is 98.1 Å². The van der Waals surface area contributed by atoms with Crippen LogP contribution in [0.3, 0.4) is 0 Å². The molecule has 0 saturated heterocycles. The van der Waals surface area contributed by atoms with Gasteiger partial charge in [0.25, 0.3) is 0 Å². The first-order valence-corrected chi connectivity index (χ1v) is 13.4. The Labute approximate surface area is 174 Å². The summed E-state index contributed by atoms with van der Waals surface area (Å²) >= 11 is 2.23. The van der Waals surface area contributed by atoms with Gasteiger partial charge in [0.15, 0.2) is 0 Å². The molecule has 0 aromatic rings. The molecule has 0 aliphatic heterocycles. The SMILES string of the molecule is CC(C)PC1CCCC(C(C)C)(C(C)C)C1.CC(C)[PH][Ti+2].[Cl-].[Cl-]. The molecule has 1 saturated carbocycles. The molecule has 0 nitrogen and oxygen atoms in total. The van der Waals surface area contributed by atoms with Crippen molar-refractivity contribution < 1.29 is 44.7 Å². The van der Waals surface area contributed by atoms with Gasteiger partial charge in [0.2, 0.25) is 0 Å². The summed E-state index contributed by atoms with van der Waals surface area (Å²) in [4.78, 5) is 0. The molecule has 1 fully saturated rings. The second kappa shape index (κ2) is 15.2. The maximum absolute atomic E-state index is 2.45. The minimum atomic E-state index is 0. The molecule has 0 N–H and O–H groups in total. The van der Waals surface area contributed by atoms with E-state index in [2.05, 4.69) is 75.3 Å². The zero-order valence-corrected chi connectivity index (χ0v) is 21.5. The fraction of sp³-hybridized carbons (Fsp3) is 1.00. The van der Waals surface area contributed by atoms with Gasteiger partial charge in [-0.25, -0.2) is 0 Å². The quantitative estimate of drug-likeness (QED) is 0.443. The van der Waals surface area contributed by atoms with Gasteiger partial charge in [-0.3, -0.25) is 0 Å². The molecule has 0 heterocycles. The molecule has 0 radical (unpaired) electrons. The summed E-state index contributed by atoms with van der Waals surface area (Å²) in [6, 6.07) is 0. The van der Waals surface area contributed by atoms with Crippen molar-refractivity contribution in [3.8, 4) is 0 Å². The van der Waals surface area contributed by atoms with Gasteiger partial charge in [0.1, 0.15) is 0 Å². The summed E-state index contributed by atoms with van der Waals surface area (Å²) in [5, 5.41) is 0. The number of halogens is 2. The Morgan fingerprint density at radius 3 is 1.61 bits per heavy atom. The van der Waals surface area contributed by atoms with Crippen LogP contribution in [0, 0.1) is 17.3 Å². The Bertz CT molecular complexity index is 264. The van der Waals surface area contributed by atoms with Crippen molar-refractivity contribution in [3.05, 3.63) is 0 Å². The Kier molecular flexibility index (Phi) is 19.8. The van der Waals surface area contributed by atoms with Crippen molar-refractivity contribution in [1.82, 2.24) is 0 Å². The molecule has 3 atom stereocenters. The van der Waals surface area contributed by atoms with Gasteiger partial charge in [-0.2, -0.15) is 0 Å². The first-order valence-electron chi connectivity index (χ1n) is 8.84. The summed E-state index contributed by atoms with van der Waals surface area (Å²) in [7, 11) is 1.19. The van der Waals surface area contributed by atoms with Crippen LogP contribution in [0.15, 0.2) is 0 Å². The van der Waals surface area contributed by atoms with E-state index in [1.54, 1.807) is 0 Å². The van der Waals surface area contributed by atoms with E-state index in [0.717, 1.165) is 35.4 Å². The summed E-state index contributed by atoms with van der Waals surface area (Å²) in [6.07, 6.45) is 5.94. The summed E-state index contributed by atoms with van der Waals surface area (Å²) in [5.74, 6) is 1.71. The standard InChI is InChI=1S/C15H31P.C3H8P.2ClH.Ti/c1-11(2)15(12(3)4)9-7-8-14(10-15)16-13(5)6;1-3(2)4;;;/h11-14,16H,7-10H2,1-6H3;3-4H,1-2H3;2*1H;/q;-1;;;+3/p-2. The van der Waals surface area contributed by atoms with Gasteiger partial charge in [-0.05, 0) is 47.8 Å². The number of hydrogen-bond donors (Lipinski definition) is 0. The molecular formula is C18H39Cl2P2Ti. The second-order valence-corrected chi connectivity index (χ2v) is 13.1. The average molecular weight is 436 g/mol. The van der Waals surface area contributed by atoms with Crippen LogP contribution >= 0.6 is 15.2 Å². The maximum Gasteiger partial charge on any atom is -1.00 e. The third kappa shape index (κ3) is 11.5. The molecule has 0 aromatic heterocycles. The Balaban J connectivity index is -0.000000502. The van der Waals surface area contributed by atoms with Gasteiger partial charge in [0, 0.05) is 0 Å². The first kappa shape index (κ1) is 29.9. The maximum atomic E-state index is 2.45. The van der Waals surface area contributed by atoms with E-state index in [-0.39, 0.29) is 24.8 Å². The summed E-state index contributed by atoms with van der Waals surface area (Å²) in [6.45, 7) is 20.1. The van der Waals surface area contributed by atoms with Crippen LogP contribution in [-0.4, -0.2) is 17.0 Å². The molecule has 3 unspecified atom stereocenters. The summed E-state index contributed by atoms with van der Waals surface area (Å²) in [5.41, 5.74) is 3.49. The Hall–Kier alpha value is 2.15. The third-order valence-corrected chi connectivity index (χ3v) is 9.89. The minimum Gasteiger partial charge on any atom is -1.00 e. The number of hydrogen-bond acceptors (Lipinski definition) is 0. The predicted molar refractivity (Wildman–Crippen MR) is 101 cm³/mol. The topological polar surface area (TPSA) is 0 Å². The van der Waals surface area contributed by atoms with E-state index in [0.29, 0.717) is 5.41 Å². The molecule has 5 heteroatoms. The molecule has 0 spiro atoms. The van der Waals surface area contributed by atoms with Gasteiger partial charge in [-0.15, -0.1) is 8.58 Å². The van der Waals surface area contributed by atoms with Crippen LogP contribution in [0.4, 0.5) is 0 Å². The van der Waals surface area contributed by atoms with Crippen LogP contribution in [0.25, 0.3) is 0 Å². The molecule has 1 aliphatic carbocycles. The molecule has 0 aromatic carbocycles. The van der Waals surface area contributed by atoms with Crippen LogP contribution in [0.1, 0.15) is 81.1 Å². The first-order chi connectivity index (χ1) is 9.65. The van der Waals surface area contributed by atoms with Gasteiger partial charge in [-0.1, -0.05) is 48.0 Å². The Morgan fingerprint density at radius 2 is 1.30 bits per heavy atom. The largest absolute Gasteiger partial charge is 1.00 e. The average Bonchev–Trinajstić information content (AvgIpc) is 2.38. The molecule has 1 aliphatic rings. The van der Waals surface area contributed by atoms with Crippen molar-refractivity contribution in [2.75, 3.05) is 0 Å².